The molecule has 94 valence electrons. The first-order valence-electron chi connectivity index (χ1n) is 4.92. The number of carbonyl (C=O) groups excluding carboxylic acids is 1. The van der Waals surface area contributed by atoms with Crippen molar-refractivity contribution >= 4 is 31.7 Å². The molecule has 1 rings (SSSR count). The van der Waals surface area contributed by atoms with Gasteiger partial charge >= 0.3 is 5.97 Å². The topological polar surface area (TPSA) is 60.4 Å². The van der Waals surface area contributed by atoms with Crippen LogP contribution in [0.3, 0.4) is 0 Å². The molecule has 0 spiro atoms. The van der Waals surface area contributed by atoms with Gasteiger partial charge in [-0.1, -0.05) is 15.9 Å². The van der Waals surface area contributed by atoms with Crippen LogP contribution in [0.2, 0.25) is 0 Å². The lowest BCUT2D eigenvalue weighted by molar-refractivity contribution is 0.0596. The van der Waals surface area contributed by atoms with Crippen molar-refractivity contribution in [3.8, 4) is 0 Å². The number of halogens is 1. The molecule has 0 N–H and O–H groups in total. The summed E-state index contributed by atoms with van der Waals surface area (Å²) in [5, 5.41) is -0.597. The first-order chi connectivity index (χ1) is 7.80. The standard InChI is InChI=1S/C11H13BrO4S/c1-7(2)17(14,15)10-6-8(12)4-5-9(10)11(13)16-3/h4-7H,1-3H3. The van der Waals surface area contributed by atoms with Gasteiger partial charge in [0.15, 0.2) is 9.84 Å². The zero-order valence-corrected chi connectivity index (χ0v) is 12.1. The van der Waals surface area contributed by atoms with Crippen molar-refractivity contribution in [2.75, 3.05) is 7.11 Å². The Morgan fingerprint density at radius 1 is 1.35 bits per heavy atom. The quantitative estimate of drug-likeness (QED) is 0.802. The lowest BCUT2D eigenvalue weighted by atomic mass is 10.2. The maximum atomic E-state index is 12.1. The third kappa shape index (κ3) is 2.87. The maximum Gasteiger partial charge on any atom is 0.339 e. The molecular weight excluding hydrogens is 308 g/mol. The number of carbonyl (C=O) groups is 1. The molecule has 0 saturated heterocycles. The number of hydrogen-bond acceptors (Lipinski definition) is 4. The highest BCUT2D eigenvalue weighted by Gasteiger charge is 2.26. The molecule has 0 heterocycles. The van der Waals surface area contributed by atoms with Crippen LogP contribution in [0.5, 0.6) is 0 Å². The van der Waals surface area contributed by atoms with E-state index in [0.717, 1.165) is 0 Å². The van der Waals surface area contributed by atoms with Crippen LogP contribution in [0, 0.1) is 0 Å². The van der Waals surface area contributed by atoms with Crippen molar-refractivity contribution in [3.05, 3.63) is 28.2 Å². The van der Waals surface area contributed by atoms with E-state index in [9.17, 15) is 13.2 Å². The lowest BCUT2D eigenvalue weighted by Gasteiger charge is -2.12. The Morgan fingerprint density at radius 3 is 2.41 bits per heavy atom. The molecule has 0 saturated carbocycles. The Balaban J connectivity index is 3.51. The average molecular weight is 321 g/mol. The molecule has 0 amide bonds. The predicted octanol–water partition coefficient (Wildman–Crippen LogP) is 2.42. The second-order valence-electron chi connectivity index (χ2n) is 3.73. The summed E-state index contributed by atoms with van der Waals surface area (Å²) in [6.07, 6.45) is 0. The summed E-state index contributed by atoms with van der Waals surface area (Å²) in [5.41, 5.74) is 0.0596. The van der Waals surface area contributed by atoms with Crippen molar-refractivity contribution in [1.82, 2.24) is 0 Å². The van der Waals surface area contributed by atoms with Crippen LogP contribution in [-0.2, 0) is 14.6 Å². The fourth-order valence-corrected chi connectivity index (χ4v) is 3.03. The number of methoxy groups -OCH3 is 1. The van der Waals surface area contributed by atoms with Gasteiger partial charge in [0.05, 0.1) is 22.8 Å². The van der Waals surface area contributed by atoms with Gasteiger partial charge in [-0.05, 0) is 32.0 Å². The van der Waals surface area contributed by atoms with Crippen LogP contribution in [0.15, 0.2) is 27.6 Å². The molecule has 0 aromatic heterocycles. The molecule has 0 fully saturated rings. The Morgan fingerprint density at radius 2 is 1.94 bits per heavy atom. The SMILES string of the molecule is COC(=O)c1ccc(Br)cc1S(=O)(=O)C(C)C. The molecule has 4 nitrogen and oxygen atoms in total. The fraction of sp³-hybridized carbons (Fsp3) is 0.364. The van der Waals surface area contributed by atoms with E-state index < -0.39 is 21.1 Å². The van der Waals surface area contributed by atoms with Gasteiger partial charge in [-0.3, -0.25) is 0 Å². The lowest BCUT2D eigenvalue weighted by Crippen LogP contribution is -2.18. The third-order valence-electron chi connectivity index (χ3n) is 2.28. The number of benzene rings is 1. The van der Waals surface area contributed by atoms with Crippen LogP contribution in [0.4, 0.5) is 0 Å². The highest BCUT2D eigenvalue weighted by molar-refractivity contribution is 9.10. The summed E-state index contributed by atoms with van der Waals surface area (Å²) >= 11 is 3.19. The van der Waals surface area contributed by atoms with Crippen molar-refractivity contribution in [3.63, 3.8) is 0 Å². The molecular formula is C11H13BrO4S. The van der Waals surface area contributed by atoms with Crippen LogP contribution >= 0.6 is 15.9 Å². The zero-order chi connectivity index (χ0) is 13.2. The summed E-state index contributed by atoms with van der Waals surface area (Å²) in [6.45, 7) is 3.13. The van der Waals surface area contributed by atoms with Gasteiger partial charge in [0.1, 0.15) is 0 Å². The Labute approximate surface area is 109 Å². The fourth-order valence-electron chi connectivity index (χ4n) is 1.26. The van der Waals surface area contributed by atoms with E-state index >= 15 is 0 Å². The number of sulfone groups is 1. The van der Waals surface area contributed by atoms with Gasteiger partial charge in [0, 0.05) is 4.47 Å². The minimum Gasteiger partial charge on any atom is -0.465 e. The van der Waals surface area contributed by atoms with Crippen molar-refractivity contribution in [2.45, 2.75) is 24.0 Å². The second-order valence-corrected chi connectivity index (χ2v) is 7.11. The van der Waals surface area contributed by atoms with Gasteiger partial charge in [0.2, 0.25) is 0 Å². The largest absolute Gasteiger partial charge is 0.465 e. The van der Waals surface area contributed by atoms with Crippen molar-refractivity contribution < 1.29 is 17.9 Å². The summed E-state index contributed by atoms with van der Waals surface area (Å²) in [5.74, 6) is -0.656. The highest BCUT2D eigenvalue weighted by Crippen LogP contribution is 2.25. The Hall–Kier alpha value is -0.880. The van der Waals surface area contributed by atoms with Crippen LogP contribution in [-0.4, -0.2) is 26.7 Å². The van der Waals surface area contributed by atoms with Crippen molar-refractivity contribution in [1.29, 1.82) is 0 Å². The smallest absolute Gasteiger partial charge is 0.339 e. The molecule has 0 aliphatic carbocycles. The second kappa shape index (κ2) is 5.18. The average Bonchev–Trinajstić information content (AvgIpc) is 2.27. The number of hydrogen-bond donors (Lipinski definition) is 0. The van der Waals surface area contributed by atoms with Gasteiger partial charge in [0.25, 0.3) is 0 Å². The Kier molecular flexibility index (Phi) is 4.32. The van der Waals surface area contributed by atoms with Crippen LogP contribution < -0.4 is 0 Å². The van der Waals surface area contributed by atoms with E-state index in [1.165, 1.54) is 19.2 Å². The Bertz CT molecular complexity index is 534. The summed E-state index contributed by atoms with van der Waals surface area (Å²) in [6, 6.07) is 4.46. The van der Waals surface area contributed by atoms with Gasteiger partial charge in [-0.15, -0.1) is 0 Å². The molecule has 17 heavy (non-hydrogen) atoms. The number of ether oxygens (including phenoxy) is 1. The van der Waals surface area contributed by atoms with Gasteiger partial charge in [-0.2, -0.15) is 0 Å². The molecule has 1 aromatic rings. The van der Waals surface area contributed by atoms with Gasteiger partial charge < -0.3 is 4.74 Å². The monoisotopic (exact) mass is 320 g/mol. The van der Waals surface area contributed by atoms with Crippen molar-refractivity contribution in [2.24, 2.45) is 0 Å². The molecule has 0 radical (unpaired) electrons. The molecule has 6 heteroatoms. The van der Waals surface area contributed by atoms with E-state index in [4.69, 9.17) is 0 Å². The first-order valence-corrected chi connectivity index (χ1v) is 7.26. The molecule has 0 unspecified atom stereocenters. The van der Waals surface area contributed by atoms with Crippen LogP contribution in [0.25, 0.3) is 0 Å². The molecule has 1 aromatic carbocycles. The minimum atomic E-state index is -3.52. The molecule has 0 atom stereocenters. The van der Waals surface area contributed by atoms with E-state index in [0.29, 0.717) is 4.47 Å². The van der Waals surface area contributed by atoms with Gasteiger partial charge in [-0.25, -0.2) is 13.2 Å². The number of esters is 1. The minimum absolute atomic E-state index is 0.00581. The van der Waals surface area contributed by atoms with Crippen LogP contribution in [0.1, 0.15) is 24.2 Å². The third-order valence-corrected chi connectivity index (χ3v) is 4.96. The predicted molar refractivity (Wildman–Crippen MR) is 67.8 cm³/mol. The zero-order valence-electron chi connectivity index (χ0n) is 9.73. The first kappa shape index (κ1) is 14.2. The maximum absolute atomic E-state index is 12.1. The normalized spacial score (nSPS) is 11.6. The highest BCUT2D eigenvalue weighted by atomic mass is 79.9. The number of rotatable bonds is 3. The molecule has 0 aliphatic heterocycles. The summed E-state index contributed by atoms with van der Waals surface area (Å²) < 4.78 is 29.4. The molecule has 0 aliphatic rings. The van der Waals surface area contributed by atoms with E-state index in [1.807, 2.05) is 0 Å². The van der Waals surface area contributed by atoms with E-state index in [1.54, 1.807) is 19.9 Å². The summed E-state index contributed by atoms with van der Waals surface area (Å²) in [7, 11) is -2.30. The molecule has 0 bridgehead atoms. The summed E-state index contributed by atoms with van der Waals surface area (Å²) in [4.78, 5) is 11.5. The van der Waals surface area contributed by atoms with E-state index in [-0.39, 0.29) is 10.5 Å². The van der Waals surface area contributed by atoms with E-state index in [2.05, 4.69) is 20.7 Å².